The van der Waals surface area contributed by atoms with Crippen LogP contribution in [0.15, 0.2) is 24.3 Å². The molecule has 210 valence electrons. The quantitative estimate of drug-likeness (QED) is 0.0953. The minimum atomic E-state index is -4.19. The van der Waals surface area contributed by atoms with E-state index in [-0.39, 0.29) is 19.8 Å². The van der Waals surface area contributed by atoms with Crippen LogP contribution in [0.1, 0.15) is 89.5 Å². The Hall–Kier alpha value is -0.950. The SMILES string of the molecule is CCCCCCCCCCCCCCc1ccc(OCC(O)COP(=O)(O)OCC[N+](C)(C)C)cc1. The molecule has 0 amide bonds. The fourth-order valence-corrected chi connectivity index (χ4v) is 4.56. The van der Waals surface area contributed by atoms with Gasteiger partial charge in [-0.25, -0.2) is 4.57 Å². The van der Waals surface area contributed by atoms with Crippen molar-refractivity contribution >= 4 is 7.82 Å². The molecule has 36 heavy (non-hydrogen) atoms. The van der Waals surface area contributed by atoms with E-state index in [2.05, 4.69) is 19.1 Å². The third-order valence-corrected chi connectivity index (χ3v) is 7.12. The molecule has 0 heterocycles. The van der Waals surface area contributed by atoms with Crippen LogP contribution in [0.4, 0.5) is 0 Å². The topological polar surface area (TPSA) is 85.2 Å². The van der Waals surface area contributed by atoms with E-state index in [0.717, 1.165) is 6.42 Å². The molecule has 1 aromatic rings. The van der Waals surface area contributed by atoms with Crippen molar-refractivity contribution in [3.8, 4) is 5.75 Å². The van der Waals surface area contributed by atoms with Crippen molar-refractivity contribution in [2.75, 3.05) is 47.5 Å². The van der Waals surface area contributed by atoms with Gasteiger partial charge in [0.05, 0.1) is 27.7 Å². The number of aliphatic hydroxyl groups excluding tert-OH is 1. The van der Waals surface area contributed by atoms with Gasteiger partial charge in [-0.1, -0.05) is 89.7 Å². The highest BCUT2D eigenvalue weighted by Gasteiger charge is 2.24. The summed E-state index contributed by atoms with van der Waals surface area (Å²) in [4.78, 5) is 9.71. The molecule has 1 aromatic carbocycles. The summed E-state index contributed by atoms with van der Waals surface area (Å²) in [6.45, 7) is 2.55. The number of phosphoric ester groups is 1. The van der Waals surface area contributed by atoms with E-state index in [1.165, 1.54) is 82.6 Å². The van der Waals surface area contributed by atoms with E-state index in [4.69, 9.17) is 13.8 Å². The molecule has 0 saturated carbocycles. The van der Waals surface area contributed by atoms with Crippen molar-refractivity contribution in [2.45, 2.75) is 96.5 Å². The van der Waals surface area contributed by atoms with Gasteiger partial charge in [-0.15, -0.1) is 0 Å². The number of benzene rings is 1. The fourth-order valence-electron chi connectivity index (χ4n) is 3.81. The number of quaternary nitrogens is 1. The minimum absolute atomic E-state index is 0.0308. The average Bonchev–Trinajstić information content (AvgIpc) is 2.82. The lowest BCUT2D eigenvalue weighted by molar-refractivity contribution is -0.870. The largest absolute Gasteiger partial charge is 0.491 e. The normalized spacial score (nSPS) is 14.5. The molecular formula is C28H53NO6P+. The van der Waals surface area contributed by atoms with Crippen molar-refractivity contribution in [3.05, 3.63) is 29.8 Å². The first-order valence-corrected chi connectivity index (χ1v) is 15.4. The van der Waals surface area contributed by atoms with E-state index < -0.39 is 13.9 Å². The third-order valence-electron chi connectivity index (χ3n) is 6.13. The summed E-state index contributed by atoms with van der Waals surface area (Å²) in [5.41, 5.74) is 1.28. The number of aryl methyl sites for hydroxylation is 1. The predicted octanol–water partition coefficient (Wildman–Crippen LogP) is 6.51. The molecule has 2 unspecified atom stereocenters. The molecule has 0 aliphatic carbocycles. The van der Waals surface area contributed by atoms with Gasteiger partial charge in [0.1, 0.15) is 31.6 Å². The van der Waals surface area contributed by atoms with Gasteiger partial charge >= 0.3 is 7.82 Å². The number of unbranched alkanes of at least 4 members (excludes halogenated alkanes) is 11. The lowest BCUT2D eigenvalue weighted by atomic mass is 10.0. The summed E-state index contributed by atoms with van der Waals surface area (Å²) < 4.78 is 27.9. The lowest BCUT2D eigenvalue weighted by Gasteiger charge is -2.24. The summed E-state index contributed by atoms with van der Waals surface area (Å²) in [6, 6.07) is 7.91. The molecular weight excluding hydrogens is 477 g/mol. The maximum atomic E-state index is 11.9. The van der Waals surface area contributed by atoms with Crippen LogP contribution in [-0.4, -0.2) is 68.1 Å². The Morgan fingerprint density at radius 3 is 1.86 bits per heavy atom. The van der Waals surface area contributed by atoms with Crippen molar-refractivity contribution in [3.63, 3.8) is 0 Å². The molecule has 0 fully saturated rings. The van der Waals surface area contributed by atoms with Crippen molar-refractivity contribution in [2.24, 2.45) is 0 Å². The van der Waals surface area contributed by atoms with Crippen LogP contribution in [0, 0.1) is 0 Å². The van der Waals surface area contributed by atoms with Crippen LogP contribution in [0.5, 0.6) is 5.75 Å². The third kappa shape index (κ3) is 19.2. The molecule has 0 spiro atoms. The number of rotatable bonds is 23. The zero-order valence-electron chi connectivity index (χ0n) is 23.3. The van der Waals surface area contributed by atoms with Crippen LogP contribution in [0.3, 0.4) is 0 Å². The summed E-state index contributed by atoms with van der Waals surface area (Å²) in [5.74, 6) is 0.652. The molecule has 1 rings (SSSR count). The van der Waals surface area contributed by atoms with Gasteiger partial charge in [-0.3, -0.25) is 9.05 Å². The number of hydrogen-bond donors (Lipinski definition) is 2. The molecule has 0 aromatic heterocycles. The Labute approximate surface area is 220 Å². The maximum absolute atomic E-state index is 11.9. The van der Waals surface area contributed by atoms with E-state index in [1.54, 1.807) is 0 Å². The first-order valence-electron chi connectivity index (χ1n) is 13.9. The monoisotopic (exact) mass is 530 g/mol. The Kier molecular flexibility index (Phi) is 17.6. The highest BCUT2D eigenvalue weighted by molar-refractivity contribution is 7.47. The standard InChI is InChI=1S/C28H52NO6P/c1-5-6-7-8-9-10-11-12-13-14-15-16-17-26-18-20-28(21-19-26)33-24-27(30)25-35-36(31,32)34-23-22-29(2,3)4/h18-21,27,30H,5-17,22-25H2,1-4H3/p+1. The van der Waals surface area contributed by atoms with Crippen LogP contribution in [-0.2, 0) is 20.0 Å². The smallest absolute Gasteiger partial charge is 0.472 e. The lowest BCUT2D eigenvalue weighted by Crippen LogP contribution is -2.37. The molecule has 0 aliphatic rings. The Morgan fingerprint density at radius 2 is 1.33 bits per heavy atom. The van der Waals surface area contributed by atoms with Gasteiger partial charge in [0.25, 0.3) is 0 Å². The second kappa shape index (κ2) is 19.2. The molecule has 2 atom stereocenters. The Morgan fingerprint density at radius 1 is 0.806 bits per heavy atom. The summed E-state index contributed by atoms with van der Waals surface area (Å²) in [6.07, 6.45) is 16.3. The molecule has 7 nitrogen and oxygen atoms in total. The predicted molar refractivity (Wildman–Crippen MR) is 147 cm³/mol. The Balaban J connectivity index is 2.09. The van der Waals surface area contributed by atoms with Crippen molar-refractivity contribution < 1.29 is 32.8 Å². The van der Waals surface area contributed by atoms with E-state index in [9.17, 15) is 14.6 Å². The highest BCUT2D eigenvalue weighted by Crippen LogP contribution is 2.43. The average molecular weight is 531 g/mol. The van der Waals surface area contributed by atoms with Gasteiger partial charge in [-0.05, 0) is 30.5 Å². The number of ether oxygens (including phenoxy) is 1. The van der Waals surface area contributed by atoms with Crippen LogP contribution >= 0.6 is 7.82 Å². The maximum Gasteiger partial charge on any atom is 0.472 e. The minimum Gasteiger partial charge on any atom is -0.491 e. The molecule has 0 bridgehead atoms. The van der Waals surface area contributed by atoms with Crippen LogP contribution in [0.2, 0.25) is 0 Å². The van der Waals surface area contributed by atoms with E-state index in [1.807, 2.05) is 33.3 Å². The second-order valence-corrected chi connectivity index (χ2v) is 12.3. The zero-order valence-corrected chi connectivity index (χ0v) is 24.2. The number of likely N-dealkylation sites (N-methyl/N-ethyl adjacent to an activating group) is 1. The van der Waals surface area contributed by atoms with E-state index in [0.29, 0.717) is 16.8 Å². The molecule has 0 saturated heterocycles. The van der Waals surface area contributed by atoms with Crippen molar-refractivity contribution in [1.82, 2.24) is 0 Å². The number of hydrogen-bond acceptors (Lipinski definition) is 5. The van der Waals surface area contributed by atoms with Crippen molar-refractivity contribution in [1.29, 1.82) is 0 Å². The number of aliphatic hydroxyl groups is 1. The molecule has 2 N–H and O–H groups in total. The van der Waals surface area contributed by atoms with Gasteiger partial charge in [-0.2, -0.15) is 0 Å². The summed E-state index contributed by atoms with van der Waals surface area (Å²) >= 11 is 0. The fraction of sp³-hybridized carbons (Fsp3) is 0.786. The zero-order chi connectivity index (χ0) is 26.7. The van der Waals surface area contributed by atoms with Crippen LogP contribution < -0.4 is 4.74 Å². The summed E-state index contributed by atoms with van der Waals surface area (Å²) in [7, 11) is 1.68. The number of phosphoric acid groups is 1. The molecule has 0 radical (unpaired) electrons. The van der Waals surface area contributed by atoms with Crippen LogP contribution in [0.25, 0.3) is 0 Å². The summed E-state index contributed by atoms with van der Waals surface area (Å²) in [5, 5.41) is 10.0. The van der Waals surface area contributed by atoms with Gasteiger partial charge in [0.2, 0.25) is 0 Å². The highest BCUT2D eigenvalue weighted by atomic mass is 31.2. The van der Waals surface area contributed by atoms with Gasteiger partial charge in [0.15, 0.2) is 0 Å². The second-order valence-electron chi connectivity index (χ2n) is 10.9. The molecule has 0 aliphatic heterocycles. The number of nitrogens with zero attached hydrogens (tertiary/aromatic N) is 1. The Bertz CT molecular complexity index is 707. The first-order chi connectivity index (χ1) is 17.1. The van der Waals surface area contributed by atoms with Gasteiger partial charge in [0, 0.05) is 0 Å². The molecule has 8 heteroatoms. The first kappa shape index (κ1) is 33.1. The van der Waals surface area contributed by atoms with E-state index >= 15 is 0 Å². The van der Waals surface area contributed by atoms with Gasteiger partial charge < -0.3 is 19.2 Å².